The molecular formula is C14H9FN2OS. The highest BCUT2D eigenvalue weighted by molar-refractivity contribution is 7.12. The molecule has 3 rings (SSSR count). The van der Waals surface area contributed by atoms with Crippen molar-refractivity contribution < 1.29 is 9.18 Å². The van der Waals surface area contributed by atoms with Crippen LogP contribution in [-0.2, 0) is 0 Å². The van der Waals surface area contributed by atoms with Crippen LogP contribution in [0.2, 0.25) is 0 Å². The number of nitrogens with zero attached hydrogens (tertiary/aromatic N) is 2. The molecule has 0 aliphatic heterocycles. The van der Waals surface area contributed by atoms with Crippen LogP contribution in [0.15, 0.2) is 48.0 Å². The Morgan fingerprint density at radius 1 is 1.21 bits per heavy atom. The van der Waals surface area contributed by atoms with Gasteiger partial charge in [-0.15, -0.1) is 11.3 Å². The third-order valence-electron chi connectivity index (χ3n) is 2.75. The highest BCUT2D eigenvalue weighted by Crippen LogP contribution is 2.26. The van der Waals surface area contributed by atoms with Crippen LogP contribution in [0.1, 0.15) is 10.5 Å². The van der Waals surface area contributed by atoms with Crippen LogP contribution in [0.5, 0.6) is 0 Å². The Balaban J connectivity index is 2.05. The lowest BCUT2D eigenvalue weighted by atomic mass is 10.2. The van der Waals surface area contributed by atoms with Crippen molar-refractivity contribution in [1.82, 2.24) is 9.55 Å². The average Bonchev–Trinajstić information content (AvgIpc) is 3.07. The van der Waals surface area contributed by atoms with Gasteiger partial charge in [-0.1, -0.05) is 12.1 Å². The summed E-state index contributed by atoms with van der Waals surface area (Å²) in [7, 11) is 0. The Morgan fingerprint density at radius 2 is 2.05 bits per heavy atom. The Bertz CT molecular complexity index is 732. The molecule has 1 aromatic carbocycles. The second-order valence-corrected chi connectivity index (χ2v) is 4.75. The molecule has 94 valence electrons. The van der Waals surface area contributed by atoms with Gasteiger partial charge < -0.3 is 0 Å². The summed E-state index contributed by atoms with van der Waals surface area (Å²) in [6.07, 6.45) is 2.53. The van der Waals surface area contributed by atoms with Crippen LogP contribution < -0.4 is 0 Å². The molecule has 0 amide bonds. The molecule has 19 heavy (non-hydrogen) atoms. The predicted molar refractivity (Wildman–Crippen MR) is 72.2 cm³/mol. The fourth-order valence-electron chi connectivity index (χ4n) is 1.83. The molecule has 2 aromatic heterocycles. The molecule has 0 unspecified atom stereocenters. The van der Waals surface area contributed by atoms with Crippen molar-refractivity contribution in [2.24, 2.45) is 0 Å². The number of halogens is 1. The number of benzene rings is 1. The smallest absolute Gasteiger partial charge is 0.194 e. The Hall–Kier alpha value is -2.27. The van der Waals surface area contributed by atoms with Crippen molar-refractivity contribution >= 4 is 17.6 Å². The molecule has 3 aromatic rings. The van der Waals surface area contributed by atoms with Gasteiger partial charge in [0.25, 0.3) is 0 Å². The van der Waals surface area contributed by atoms with E-state index in [9.17, 15) is 9.18 Å². The van der Waals surface area contributed by atoms with E-state index in [1.807, 2.05) is 0 Å². The fourth-order valence-corrected chi connectivity index (χ4v) is 2.66. The Labute approximate surface area is 113 Å². The van der Waals surface area contributed by atoms with E-state index in [-0.39, 0.29) is 5.82 Å². The van der Waals surface area contributed by atoms with E-state index in [2.05, 4.69) is 4.98 Å². The number of aldehydes is 1. The Morgan fingerprint density at radius 3 is 2.84 bits per heavy atom. The summed E-state index contributed by atoms with van der Waals surface area (Å²) in [4.78, 5) is 15.3. The second-order valence-electron chi connectivity index (χ2n) is 3.92. The van der Waals surface area contributed by atoms with E-state index in [1.165, 1.54) is 17.4 Å². The lowest BCUT2D eigenvalue weighted by Gasteiger charge is -2.00. The van der Waals surface area contributed by atoms with Crippen molar-refractivity contribution in [2.75, 3.05) is 0 Å². The topological polar surface area (TPSA) is 34.9 Å². The molecule has 0 saturated heterocycles. The van der Waals surface area contributed by atoms with Gasteiger partial charge in [-0.2, -0.15) is 0 Å². The molecule has 3 nitrogen and oxygen atoms in total. The first-order valence-electron chi connectivity index (χ1n) is 5.63. The third-order valence-corrected chi connectivity index (χ3v) is 3.59. The van der Waals surface area contributed by atoms with Crippen LogP contribution in [0, 0.1) is 5.82 Å². The molecule has 0 atom stereocenters. The van der Waals surface area contributed by atoms with E-state index in [0.717, 1.165) is 6.29 Å². The zero-order valence-electron chi connectivity index (χ0n) is 9.79. The lowest BCUT2D eigenvalue weighted by Crippen LogP contribution is -1.96. The van der Waals surface area contributed by atoms with Gasteiger partial charge in [-0.05, 0) is 24.3 Å². The normalized spacial score (nSPS) is 10.6. The van der Waals surface area contributed by atoms with E-state index >= 15 is 0 Å². The number of carbonyl (C=O) groups is 1. The number of thiazole rings is 1. The minimum atomic E-state index is -0.303. The van der Waals surface area contributed by atoms with Crippen LogP contribution >= 0.6 is 11.3 Å². The average molecular weight is 272 g/mol. The SMILES string of the molecule is O=Cc1cccn1-c1nc(-c2ccccc2F)cs1. The number of carbonyl (C=O) groups excluding carboxylic acids is 1. The number of hydrogen-bond donors (Lipinski definition) is 0. The molecule has 0 spiro atoms. The summed E-state index contributed by atoms with van der Waals surface area (Å²) in [5, 5.41) is 2.42. The van der Waals surface area contributed by atoms with Crippen molar-refractivity contribution in [2.45, 2.75) is 0 Å². The van der Waals surface area contributed by atoms with E-state index in [0.29, 0.717) is 22.1 Å². The van der Waals surface area contributed by atoms with Gasteiger partial charge in [0.2, 0.25) is 0 Å². The van der Waals surface area contributed by atoms with Crippen LogP contribution in [-0.4, -0.2) is 15.8 Å². The standard InChI is InChI=1S/C14H9FN2OS/c15-12-6-2-1-5-11(12)13-9-19-14(16-13)17-7-3-4-10(17)8-18/h1-9H. The molecule has 0 radical (unpaired) electrons. The van der Waals surface area contributed by atoms with Crippen molar-refractivity contribution in [3.05, 3.63) is 59.5 Å². The largest absolute Gasteiger partial charge is 0.296 e. The molecule has 0 fully saturated rings. The zero-order chi connectivity index (χ0) is 13.2. The van der Waals surface area contributed by atoms with Crippen LogP contribution in [0.3, 0.4) is 0 Å². The van der Waals surface area contributed by atoms with E-state index < -0.39 is 0 Å². The van der Waals surface area contributed by atoms with E-state index in [4.69, 9.17) is 0 Å². The first kappa shape index (κ1) is 11.8. The summed E-state index contributed by atoms with van der Waals surface area (Å²) in [5.41, 5.74) is 1.56. The van der Waals surface area contributed by atoms with Crippen LogP contribution in [0.4, 0.5) is 4.39 Å². The lowest BCUT2D eigenvalue weighted by molar-refractivity contribution is 0.111. The molecule has 0 N–H and O–H groups in total. The second kappa shape index (κ2) is 4.78. The highest BCUT2D eigenvalue weighted by atomic mass is 32.1. The summed E-state index contributed by atoms with van der Waals surface area (Å²) in [6.45, 7) is 0. The number of hydrogen-bond acceptors (Lipinski definition) is 3. The van der Waals surface area contributed by atoms with Gasteiger partial charge in [0.1, 0.15) is 5.82 Å². The fraction of sp³-hybridized carbons (Fsp3) is 0. The summed E-state index contributed by atoms with van der Waals surface area (Å²) >= 11 is 1.37. The van der Waals surface area contributed by atoms with Gasteiger partial charge >= 0.3 is 0 Å². The van der Waals surface area contributed by atoms with Crippen molar-refractivity contribution in [3.8, 4) is 16.4 Å². The number of aromatic nitrogens is 2. The molecule has 2 heterocycles. The molecule has 0 aliphatic rings. The summed E-state index contributed by atoms with van der Waals surface area (Å²) in [6, 6.07) is 9.98. The molecule has 0 saturated carbocycles. The first-order valence-corrected chi connectivity index (χ1v) is 6.51. The summed E-state index contributed by atoms with van der Waals surface area (Å²) < 4.78 is 15.4. The zero-order valence-corrected chi connectivity index (χ0v) is 10.6. The Kier molecular flexibility index (Phi) is 2.97. The van der Waals surface area contributed by atoms with E-state index in [1.54, 1.807) is 46.5 Å². The maximum atomic E-state index is 13.7. The number of rotatable bonds is 3. The van der Waals surface area contributed by atoms with Crippen molar-refractivity contribution in [1.29, 1.82) is 0 Å². The monoisotopic (exact) mass is 272 g/mol. The predicted octanol–water partition coefficient (Wildman–Crippen LogP) is 3.55. The minimum Gasteiger partial charge on any atom is -0.296 e. The molecule has 0 bridgehead atoms. The maximum absolute atomic E-state index is 13.7. The molecule has 5 heteroatoms. The van der Waals surface area contributed by atoms with Gasteiger partial charge in [-0.25, -0.2) is 9.37 Å². The van der Waals surface area contributed by atoms with Gasteiger partial charge in [0.05, 0.1) is 11.4 Å². The highest BCUT2D eigenvalue weighted by Gasteiger charge is 2.11. The first-order chi connectivity index (χ1) is 9.29. The van der Waals surface area contributed by atoms with Gasteiger partial charge in [0.15, 0.2) is 11.4 Å². The minimum absolute atomic E-state index is 0.303. The third kappa shape index (κ3) is 2.08. The molecule has 0 aliphatic carbocycles. The summed E-state index contributed by atoms with van der Waals surface area (Å²) in [5.74, 6) is -0.303. The maximum Gasteiger partial charge on any atom is 0.194 e. The van der Waals surface area contributed by atoms with Crippen LogP contribution in [0.25, 0.3) is 16.4 Å². The van der Waals surface area contributed by atoms with Crippen molar-refractivity contribution in [3.63, 3.8) is 0 Å². The quantitative estimate of drug-likeness (QED) is 0.683. The van der Waals surface area contributed by atoms with Gasteiger partial charge in [-0.3, -0.25) is 9.36 Å². The molecular weight excluding hydrogens is 263 g/mol. The van der Waals surface area contributed by atoms with Gasteiger partial charge in [0, 0.05) is 17.1 Å².